The minimum Gasteiger partial charge on any atom is -0.366 e. The average Bonchev–Trinajstić information content (AvgIpc) is 2.80. The van der Waals surface area contributed by atoms with Crippen molar-refractivity contribution in [2.24, 2.45) is 0 Å². The minimum atomic E-state index is -2.91. The van der Waals surface area contributed by atoms with Crippen LogP contribution in [-0.2, 0) is 9.84 Å². The summed E-state index contributed by atoms with van der Waals surface area (Å²) in [5.41, 5.74) is 1.69. The van der Waals surface area contributed by atoms with Gasteiger partial charge in [0.1, 0.15) is 5.82 Å². The number of nitrogens with zero attached hydrogens (tertiary/aromatic N) is 2. The zero-order valence-corrected chi connectivity index (χ0v) is 15.0. The standard InChI is InChI=1S/C15H17BrN4O2S/c1-10-8-14(18-13-6-7-23(21,22)9-13)20-15(17-10)19-12-4-2-11(16)3-5-12/h2-5,8,13H,6-7,9H2,1H3,(H2,17,18,19,20). The maximum atomic E-state index is 11.5. The predicted molar refractivity (Wildman–Crippen MR) is 94.9 cm³/mol. The molecule has 1 atom stereocenters. The Morgan fingerprint density at radius 2 is 1.96 bits per heavy atom. The topological polar surface area (TPSA) is 84.0 Å². The maximum absolute atomic E-state index is 11.5. The molecule has 8 heteroatoms. The molecule has 0 spiro atoms. The van der Waals surface area contributed by atoms with Crippen molar-refractivity contribution in [1.82, 2.24) is 9.97 Å². The van der Waals surface area contributed by atoms with Crippen LogP contribution < -0.4 is 10.6 Å². The SMILES string of the molecule is Cc1cc(NC2CCS(=O)(=O)C2)nc(Nc2ccc(Br)cc2)n1. The second-order valence-corrected chi connectivity index (χ2v) is 8.74. The van der Waals surface area contributed by atoms with Gasteiger partial charge in [0.05, 0.1) is 11.5 Å². The van der Waals surface area contributed by atoms with E-state index in [4.69, 9.17) is 0 Å². The molecule has 0 radical (unpaired) electrons. The van der Waals surface area contributed by atoms with Crippen molar-refractivity contribution in [3.05, 3.63) is 40.5 Å². The molecule has 0 bridgehead atoms. The van der Waals surface area contributed by atoms with Gasteiger partial charge in [0.2, 0.25) is 5.95 Å². The number of benzene rings is 1. The number of anilines is 3. The highest BCUT2D eigenvalue weighted by atomic mass is 79.9. The minimum absolute atomic E-state index is 0.0881. The first-order valence-corrected chi connectivity index (χ1v) is 9.86. The third-order valence-electron chi connectivity index (χ3n) is 3.54. The number of aryl methyl sites for hydroxylation is 1. The molecule has 3 rings (SSSR count). The van der Waals surface area contributed by atoms with Gasteiger partial charge in [0.15, 0.2) is 9.84 Å². The van der Waals surface area contributed by atoms with Crippen molar-refractivity contribution in [1.29, 1.82) is 0 Å². The van der Waals surface area contributed by atoms with E-state index < -0.39 is 9.84 Å². The molecule has 2 aromatic rings. The van der Waals surface area contributed by atoms with Gasteiger partial charge in [-0.05, 0) is 37.6 Å². The summed E-state index contributed by atoms with van der Waals surface area (Å²) in [6.07, 6.45) is 0.612. The number of rotatable bonds is 4. The molecular formula is C15H17BrN4O2S. The van der Waals surface area contributed by atoms with E-state index in [-0.39, 0.29) is 17.5 Å². The molecule has 122 valence electrons. The summed E-state index contributed by atoms with van der Waals surface area (Å²) in [6.45, 7) is 1.88. The number of halogens is 1. The van der Waals surface area contributed by atoms with E-state index in [9.17, 15) is 8.42 Å². The number of hydrogen-bond donors (Lipinski definition) is 2. The van der Waals surface area contributed by atoms with Gasteiger partial charge >= 0.3 is 0 Å². The zero-order valence-electron chi connectivity index (χ0n) is 12.6. The van der Waals surface area contributed by atoms with Crippen LogP contribution in [0.2, 0.25) is 0 Å². The normalized spacial score (nSPS) is 19.5. The zero-order chi connectivity index (χ0) is 16.4. The van der Waals surface area contributed by atoms with Gasteiger partial charge in [0, 0.05) is 28.0 Å². The van der Waals surface area contributed by atoms with Crippen LogP contribution in [-0.4, -0.2) is 35.9 Å². The Bertz CT molecular complexity index is 809. The molecule has 1 saturated heterocycles. The van der Waals surface area contributed by atoms with Crippen LogP contribution in [0.5, 0.6) is 0 Å². The van der Waals surface area contributed by atoms with Crippen molar-refractivity contribution in [2.45, 2.75) is 19.4 Å². The Morgan fingerprint density at radius 1 is 1.22 bits per heavy atom. The molecule has 23 heavy (non-hydrogen) atoms. The van der Waals surface area contributed by atoms with Crippen LogP contribution in [0, 0.1) is 6.92 Å². The van der Waals surface area contributed by atoms with Gasteiger partial charge in [-0.25, -0.2) is 13.4 Å². The van der Waals surface area contributed by atoms with E-state index in [1.807, 2.05) is 37.3 Å². The second-order valence-electron chi connectivity index (χ2n) is 5.59. The predicted octanol–water partition coefficient (Wildman–Crippen LogP) is 2.89. The van der Waals surface area contributed by atoms with Crippen LogP contribution in [0.15, 0.2) is 34.8 Å². The van der Waals surface area contributed by atoms with E-state index in [2.05, 4.69) is 36.5 Å². The molecule has 0 aliphatic carbocycles. The summed E-state index contributed by atoms with van der Waals surface area (Å²) in [5, 5.41) is 6.35. The molecule has 0 amide bonds. The second kappa shape index (κ2) is 6.45. The first-order valence-electron chi connectivity index (χ1n) is 7.25. The van der Waals surface area contributed by atoms with Crippen molar-refractivity contribution < 1.29 is 8.42 Å². The fraction of sp³-hybridized carbons (Fsp3) is 0.333. The fourth-order valence-corrected chi connectivity index (χ4v) is 4.42. The van der Waals surface area contributed by atoms with E-state index in [0.29, 0.717) is 18.2 Å². The molecular weight excluding hydrogens is 380 g/mol. The molecule has 2 heterocycles. The smallest absolute Gasteiger partial charge is 0.229 e. The Morgan fingerprint density at radius 3 is 2.61 bits per heavy atom. The summed E-state index contributed by atoms with van der Waals surface area (Å²) in [5.74, 6) is 1.51. The van der Waals surface area contributed by atoms with Crippen molar-refractivity contribution in [3.63, 3.8) is 0 Å². The lowest BCUT2D eigenvalue weighted by molar-refractivity contribution is 0.602. The summed E-state index contributed by atoms with van der Waals surface area (Å²) in [4.78, 5) is 8.79. The Kier molecular flexibility index (Phi) is 4.54. The van der Waals surface area contributed by atoms with E-state index >= 15 is 0 Å². The lowest BCUT2D eigenvalue weighted by Gasteiger charge is -2.13. The summed E-state index contributed by atoms with van der Waals surface area (Å²) in [6, 6.07) is 9.44. The summed E-state index contributed by atoms with van der Waals surface area (Å²) >= 11 is 3.39. The summed E-state index contributed by atoms with van der Waals surface area (Å²) in [7, 11) is -2.91. The van der Waals surface area contributed by atoms with E-state index in [1.54, 1.807) is 0 Å². The molecule has 1 aliphatic rings. The largest absolute Gasteiger partial charge is 0.366 e. The highest BCUT2D eigenvalue weighted by molar-refractivity contribution is 9.10. The molecule has 1 aromatic heterocycles. The molecule has 1 fully saturated rings. The van der Waals surface area contributed by atoms with Gasteiger partial charge in [0.25, 0.3) is 0 Å². The Balaban J connectivity index is 1.75. The van der Waals surface area contributed by atoms with Crippen molar-refractivity contribution >= 4 is 43.2 Å². The lowest BCUT2D eigenvalue weighted by Crippen LogP contribution is -2.21. The number of nitrogens with one attached hydrogen (secondary N) is 2. The first-order chi connectivity index (χ1) is 10.9. The molecule has 1 aliphatic heterocycles. The number of sulfone groups is 1. The monoisotopic (exact) mass is 396 g/mol. The van der Waals surface area contributed by atoms with Crippen LogP contribution in [0.25, 0.3) is 0 Å². The fourth-order valence-electron chi connectivity index (χ4n) is 2.48. The molecule has 1 unspecified atom stereocenters. The van der Waals surface area contributed by atoms with E-state index in [0.717, 1.165) is 15.9 Å². The van der Waals surface area contributed by atoms with E-state index in [1.165, 1.54) is 0 Å². The first kappa shape index (κ1) is 16.2. The van der Waals surface area contributed by atoms with Crippen LogP contribution in [0.4, 0.5) is 17.5 Å². The highest BCUT2D eigenvalue weighted by Crippen LogP contribution is 2.20. The third kappa shape index (κ3) is 4.42. The number of aromatic nitrogens is 2. The Labute approximate surface area is 143 Å². The van der Waals surface area contributed by atoms with Gasteiger partial charge in [-0.15, -0.1) is 0 Å². The van der Waals surface area contributed by atoms with Gasteiger partial charge in [-0.3, -0.25) is 0 Å². The van der Waals surface area contributed by atoms with Crippen molar-refractivity contribution in [3.8, 4) is 0 Å². The Hall–Kier alpha value is -1.67. The van der Waals surface area contributed by atoms with Crippen molar-refractivity contribution in [2.75, 3.05) is 22.1 Å². The van der Waals surface area contributed by atoms with Crippen LogP contribution >= 0.6 is 15.9 Å². The molecule has 2 N–H and O–H groups in total. The highest BCUT2D eigenvalue weighted by Gasteiger charge is 2.28. The van der Waals surface area contributed by atoms with Crippen LogP contribution in [0.1, 0.15) is 12.1 Å². The number of hydrogen-bond acceptors (Lipinski definition) is 6. The quantitative estimate of drug-likeness (QED) is 0.826. The van der Waals surface area contributed by atoms with Gasteiger partial charge in [-0.1, -0.05) is 15.9 Å². The average molecular weight is 397 g/mol. The third-order valence-corrected chi connectivity index (χ3v) is 5.84. The molecule has 6 nitrogen and oxygen atoms in total. The van der Waals surface area contributed by atoms with Gasteiger partial charge in [-0.2, -0.15) is 4.98 Å². The maximum Gasteiger partial charge on any atom is 0.229 e. The lowest BCUT2D eigenvalue weighted by atomic mass is 10.2. The van der Waals surface area contributed by atoms with Crippen LogP contribution in [0.3, 0.4) is 0 Å². The molecule has 0 saturated carbocycles. The molecule has 1 aromatic carbocycles. The van der Waals surface area contributed by atoms with Gasteiger partial charge < -0.3 is 10.6 Å². The summed E-state index contributed by atoms with van der Waals surface area (Å²) < 4.78 is 24.1.